The Labute approximate surface area is 290 Å². The van der Waals surface area contributed by atoms with E-state index in [1.54, 1.807) is 18.2 Å². The van der Waals surface area contributed by atoms with Gasteiger partial charge in [-0.15, -0.1) is 15.6 Å². The normalized spacial score (nSPS) is 24.5. The van der Waals surface area contributed by atoms with Crippen molar-refractivity contribution in [1.29, 1.82) is 5.41 Å². The number of ether oxygens (including phenoxy) is 1. The summed E-state index contributed by atoms with van der Waals surface area (Å²) in [4.78, 5) is 48.4. The van der Waals surface area contributed by atoms with Gasteiger partial charge < -0.3 is 41.5 Å². The van der Waals surface area contributed by atoms with Crippen molar-refractivity contribution in [3.63, 3.8) is 0 Å². The molecule has 0 unspecified atom stereocenters. The lowest BCUT2D eigenvalue weighted by atomic mass is 9.84. The smallest absolute Gasteiger partial charge is 0.418 e. The monoisotopic (exact) mass is 738 g/mol. The van der Waals surface area contributed by atoms with Crippen LogP contribution in [0.3, 0.4) is 0 Å². The Kier molecular flexibility index (Phi) is 10.4. The van der Waals surface area contributed by atoms with Crippen molar-refractivity contribution in [1.82, 2.24) is 26.0 Å². The summed E-state index contributed by atoms with van der Waals surface area (Å²) in [5.74, 6) is -2.96. The van der Waals surface area contributed by atoms with E-state index in [1.165, 1.54) is 26.2 Å². The number of β-lactam (4-membered cyclic amide) rings is 1. The van der Waals surface area contributed by atoms with Gasteiger partial charge in [0.25, 0.3) is 17.4 Å². The van der Waals surface area contributed by atoms with Crippen molar-refractivity contribution in [2.24, 2.45) is 11.1 Å². The summed E-state index contributed by atoms with van der Waals surface area (Å²) in [6.07, 6.45) is 0.180. The van der Waals surface area contributed by atoms with E-state index in [0.717, 1.165) is 29.9 Å². The molecule has 2 fully saturated rings. The lowest BCUT2D eigenvalue weighted by Gasteiger charge is -2.50. The second kappa shape index (κ2) is 14.1. The van der Waals surface area contributed by atoms with Crippen molar-refractivity contribution in [3.05, 3.63) is 40.4 Å². The second-order valence-electron chi connectivity index (χ2n) is 12.7. The number of hydrogen-bond donors (Lipinski definition) is 8. The number of carbonyl (C=O) groups excluding carboxylic acids is 2. The molecule has 2 saturated heterocycles. The zero-order valence-corrected chi connectivity index (χ0v) is 28.8. The number of aromatic nitrogens is 1. The van der Waals surface area contributed by atoms with Gasteiger partial charge in [0.15, 0.2) is 16.9 Å². The average molecular weight is 739 g/mol. The zero-order valence-electron chi connectivity index (χ0n) is 27.2. The molecule has 2 amide bonds. The van der Waals surface area contributed by atoms with Gasteiger partial charge in [-0.1, -0.05) is 5.16 Å². The minimum Gasteiger partial charge on any atom is -0.485 e. The number of aliphatic hydroxyl groups excluding tert-OH is 1. The molecule has 0 aliphatic carbocycles. The summed E-state index contributed by atoms with van der Waals surface area (Å²) in [6.45, 7) is 5.36. The largest absolute Gasteiger partial charge is 0.485 e. The maximum atomic E-state index is 13.5. The van der Waals surface area contributed by atoms with Gasteiger partial charge in [0.1, 0.15) is 23.3 Å². The standard InChI is InChI=1S/C29H38N8O11S2/c1-28(2)22(25(40)37(28)48-50(43,44)45)35-24(39)21(18-13-49-27(31)34-18)36-47-29(3,26(41)42)20-7-5-14-10-15(4-6-19(14)46-20)23(30)33-17-8-9-32-11-16(17)12-38/h4,6,10,13,16-17,20,22,32,38H,5,7-9,11-12H2,1-3H3,(H2,30,33)(H2,31,34)(H,35,39)(H,41,42)(H,43,44,45)/b36-21-/t16-,17-,20+,22+,29-/m0/s1. The van der Waals surface area contributed by atoms with Crippen LogP contribution in [-0.4, -0.2) is 112 Å². The van der Waals surface area contributed by atoms with Gasteiger partial charge in [-0.3, -0.25) is 19.6 Å². The number of carboxylic acids is 1. The lowest BCUT2D eigenvalue weighted by Crippen LogP contribution is -2.76. The number of hydrogen-bond acceptors (Lipinski definition) is 15. The predicted molar refractivity (Wildman–Crippen MR) is 177 cm³/mol. The number of aryl methyl sites for hydroxylation is 1. The number of nitrogen functional groups attached to an aromatic ring is 1. The first-order valence-electron chi connectivity index (χ1n) is 15.4. The molecule has 5 atom stereocenters. The number of nitrogens with zero attached hydrogens (tertiary/aromatic N) is 3. The van der Waals surface area contributed by atoms with Gasteiger partial charge in [-0.2, -0.15) is 13.5 Å². The number of nitrogens with two attached hydrogens (primary N) is 1. The van der Waals surface area contributed by atoms with Gasteiger partial charge >= 0.3 is 16.4 Å². The number of oxime groups is 1. The summed E-state index contributed by atoms with van der Waals surface area (Å²) >= 11 is 0.956. The van der Waals surface area contributed by atoms with E-state index in [-0.39, 0.29) is 41.6 Å². The highest BCUT2D eigenvalue weighted by Gasteiger charge is 2.58. The van der Waals surface area contributed by atoms with Crippen LogP contribution < -0.4 is 26.4 Å². The number of nitrogens with one attached hydrogen (secondary N) is 4. The molecule has 0 spiro atoms. The summed E-state index contributed by atoms with van der Waals surface area (Å²) in [7, 11) is -5.04. The van der Waals surface area contributed by atoms with Crippen LogP contribution in [0.1, 0.15) is 50.4 Å². The van der Waals surface area contributed by atoms with E-state index < -0.39 is 57.2 Å². The number of benzene rings is 1. The molecule has 1 aromatic carbocycles. The van der Waals surface area contributed by atoms with E-state index >= 15 is 0 Å². The number of aliphatic hydroxyl groups is 1. The number of hydroxylamine groups is 2. The molecule has 0 radical (unpaired) electrons. The molecular weight excluding hydrogens is 700 g/mol. The molecule has 9 N–H and O–H groups in total. The van der Waals surface area contributed by atoms with E-state index in [2.05, 4.69) is 30.4 Å². The summed E-state index contributed by atoms with van der Waals surface area (Å²) in [6, 6.07) is 3.67. The van der Waals surface area contributed by atoms with E-state index in [4.69, 9.17) is 25.3 Å². The Morgan fingerprint density at radius 1 is 1.32 bits per heavy atom. The quantitative estimate of drug-likeness (QED) is 0.0444. The highest BCUT2D eigenvalue weighted by atomic mass is 32.3. The number of rotatable bonds is 12. The molecule has 50 heavy (non-hydrogen) atoms. The molecule has 5 rings (SSSR count). The number of aliphatic carboxylic acids is 1. The fourth-order valence-electron chi connectivity index (χ4n) is 5.90. The molecule has 3 aliphatic heterocycles. The zero-order chi connectivity index (χ0) is 36.6. The van der Waals surface area contributed by atoms with Crippen molar-refractivity contribution in [2.75, 3.05) is 25.4 Å². The topological polar surface area (TPSA) is 288 Å². The van der Waals surface area contributed by atoms with E-state index in [1.807, 2.05) is 0 Å². The highest BCUT2D eigenvalue weighted by Crippen LogP contribution is 2.35. The molecule has 272 valence electrons. The maximum absolute atomic E-state index is 13.5. The van der Waals surface area contributed by atoms with Crippen LogP contribution in [-0.2, 0) is 40.3 Å². The minimum atomic E-state index is -5.04. The van der Waals surface area contributed by atoms with Gasteiger partial charge in [0.2, 0.25) is 0 Å². The molecule has 21 heteroatoms. The number of thiazole rings is 1. The molecule has 4 heterocycles. The van der Waals surface area contributed by atoms with Crippen LogP contribution in [0.2, 0.25) is 0 Å². The van der Waals surface area contributed by atoms with Crippen molar-refractivity contribution in [2.45, 2.75) is 69.4 Å². The highest BCUT2D eigenvalue weighted by molar-refractivity contribution is 7.80. The van der Waals surface area contributed by atoms with Crippen LogP contribution in [0.25, 0.3) is 0 Å². The number of carbonyl (C=O) groups is 3. The van der Waals surface area contributed by atoms with Crippen molar-refractivity contribution < 1.29 is 51.4 Å². The summed E-state index contributed by atoms with van der Waals surface area (Å²) in [5, 5.41) is 43.1. The summed E-state index contributed by atoms with van der Waals surface area (Å²) < 4.78 is 41.7. The Morgan fingerprint density at radius 3 is 2.68 bits per heavy atom. The Bertz CT molecular complexity index is 1820. The molecule has 1 aromatic heterocycles. The number of amidine groups is 1. The van der Waals surface area contributed by atoms with Crippen LogP contribution in [0.4, 0.5) is 5.13 Å². The Morgan fingerprint density at radius 2 is 2.06 bits per heavy atom. The van der Waals surface area contributed by atoms with Crippen molar-refractivity contribution >= 4 is 56.2 Å². The second-order valence-corrected chi connectivity index (χ2v) is 14.6. The Hall–Kier alpha value is -4.41. The fraction of sp³-hybridized carbons (Fsp3) is 0.517. The summed E-state index contributed by atoms with van der Waals surface area (Å²) in [5.41, 5.74) is 2.88. The third kappa shape index (κ3) is 7.51. The number of piperidine rings is 1. The van der Waals surface area contributed by atoms with E-state index in [9.17, 15) is 33.0 Å². The number of anilines is 1. The van der Waals surface area contributed by atoms with Crippen molar-refractivity contribution in [3.8, 4) is 5.75 Å². The Balaban J connectivity index is 1.33. The lowest BCUT2D eigenvalue weighted by molar-refractivity contribution is -0.218. The van der Waals surface area contributed by atoms with Gasteiger partial charge in [-0.05, 0) is 70.3 Å². The third-order valence-electron chi connectivity index (χ3n) is 8.93. The van der Waals surface area contributed by atoms with Crippen LogP contribution in [0.15, 0.2) is 28.7 Å². The molecule has 0 bridgehead atoms. The number of carboxylic acid groups (broad SMARTS) is 1. The van der Waals surface area contributed by atoms with Crippen LogP contribution >= 0.6 is 11.3 Å². The number of fused-ring (bicyclic) bond motifs is 1. The fourth-order valence-corrected chi connectivity index (χ4v) is 6.90. The number of amides is 2. The minimum absolute atomic E-state index is 0.0119. The van der Waals surface area contributed by atoms with Gasteiger partial charge in [0.05, 0.1) is 5.54 Å². The molecule has 2 aromatic rings. The SMILES string of the molecule is CC1(C)[C@H](NC(=O)/C(=N\O[C@](C)(C(=O)O)[C@H]2CCc3cc(C(=N)N[C@H]4CCNC[C@H]4CO)ccc3O2)c2csc(N)n2)C(=O)N1OS(=O)(=O)O. The first-order chi connectivity index (χ1) is 23.4. The molecular formula is C29H38N8O11S2. The average Bonchev–Trinajstić information content (AvgIpc) is 3.50. The predicted octanol–water partition coefficient (Wildman–Crippen LogP) is -0.592. The van der Waals surface area contributed by atoms with Gasteiger partial charge in [-0.25, -0.2) is 9.78 Å². The molecule has 0 saturated carbocycles. The molecule has 3 aliphatic rings. The van der Waals surface area contributed by atoms with Crippen LogP contribution in [0.5, 0.6) is 5.75 Å². The first-order valence-corrected chi connectivity index (χ1v) is 17.7. The maximum Gasteiger partial charge on any atom is 0.418 e. The van der Waals surface area contributed by atoms with E-state index in [0.29, 0.717) is 29.3 Å². The third-order valence-corrected chi connectivity index (χ3v) is 9.94. The molecule has 19 nitrogen and oxygen atoms in total. The first kappa shape index (κ1) is 36.9. The van der Waals surface area contributed by atoms with Gasteiger partial charge in [0, 0.05) is 36.1 Å². The van der Waals surface area contributed by atoms with Crippen LogP contribution in [0, 0.1) is 11.3 Å².